The van der Waals surface area contributed by atoms with Crippen LogP contribution in [0.15, 0.2) is 29.2 Å². The van der Waals surface area contributed by atoms with Crippen LogP contribution in [0.5, 0.6) is 0 Å². The van der Waals surface area contributed by atoms with Gasteiger partial charge >= 0.3 is 6.18 Å². The Labute approximate surface area is 127 Å². The molecule has 0 amide bonds. The third kappa shape index (κ3) is 3.86. The molecule has 3 atom stereocenters. The molecule has 0 spiro atoms. The number of nitrogens with one attached hydrogen (secondary N) is 1. The molecule has 2 aliphatic heterocycles. The van der Waals surface area contributed by atoms with Gasteiger partial charge in [-0.25, -0.2) is 0 Å². The van der Waals surface area contributed by atoms with Gasteiger partial charge in [-0.3, -0.25) is 0 Å². The summed E-state index contributed by atoms with van der Waals surface area (Å²) in [5.41, 5.74) is 0.845. The van der Waals surface area contributed by atoms with Gasteiger partial charge in [0.25, 0.3) is 0 Å². The van der Waals surface area contributed by atoms with Crippen molar-refractivity contribution in [2.24, 2.45) is 5.92 Å². The van der Waals surface area contributed by atoms with Crippen LogP contribution in [0.25, 0.3) is 0 Å². The lowest BCUT2D eigenvalue weighted by Gasteiger charge is -2.32. The van der Waals surface area contributed by atoms with Gasteiger partial charge in [0.15, 0.2) is 0 Å². The number of hydrogen-bond acceptors (Lipinski definition) is 3. The number of piperidine rings is 1. The van der Waals surface area contributed by atoms with Crippen molar-refractivity contribution in [2.45, 2.75) is 30.0 Å². The minimum absolute atomic E-state index is 0.386. The van der Waals surface area contributed by atoms with E-state index < -0.39 is 11.9 Å². The zero-order valence-electron chi connectivity index (χ0n) is 11.7. The van der Waals surface area contributed by atoms with Crippen molar-refractivity contribution < 1.29 is 13.2 Å². The monoisotopic (exact) mass is 316 g/mol. The Hall–Kier alpha value is -0.880. The van der Waals surface area contributed by atoms with E-state index in [2.05, 4.69) is 10.2 Å². The summed E-state index contributed by atoms with van der Waals surface area (Å²) in [4.78, 5) is 3.16. The van der Waals surface area contributed by atoms with Crippen LogP contribution < -0.4 is 5.32 Å². The Morgan fingerprint density at radius 2 is 1.95 bits per heavy atom. The molecule has 2 heterocycles. The molecule has 1 aromatic carbocycles. The summed E-state index contributed by atoms with van der Waals surface area (Å²) in [6.07, 6.45) is -1.87. The largest absolute Gasteiger partial charge is 0.398 e. The van der Waals surface area contributed by atoms with Gasteiger partial charge in [-0.05, 0) is 37.4 Å². The molecular formula is C15H19F3N2S. The van der Waals surface area contributed by atoms with E-state index in [1.807, 2.05) is 12.1 Å². The van der Waals surface area contributed by atoms with Crippen LogP contribution in [0.3, 0.4) is 0 Å². The molecule has 116 valence electrons. The van der Waals surface area contributed by atoms with Gasteiger partial charge in [-0.15, -0.1) is 11.8 Å². The standard InChI is InChI=1S/C15H19F3N2S/c16-15(17,18)10-21-14-4-2-1-3-13(14)19-12-6-8-20-7-5-11(12)9-20/h1-4,11-12,19H,5-10H2. The van der Waals surface area contributed by atoms with Crippen molar-refractivity contribution in [3.8, 4) is 0 Å². The lowest BCUT2D eigenvalue weighted by atomic mass is 9.94. The summed E-state index contributed by atoms with van der Waals surface area (Å²) < 4.78 is 37.2. The topological polar surface area (TPSA) is 15.3 Å². The number of rotatable bonds is 4. The summed E-state index contributed by atoms with van der Waals surface area (Å²) in [5, 5.41) is 3.50. The first-order valence-electron chi connectivity index (χ1n) is 7.29. The summed E-state index contributed by atoms with van der Waals surface area (Å²) in [6, 6.07) is 7.71. The second-order valence-corrected chi connectivity index (χ2v) is 6.81. The smallest absolute Gasteiger partial charge is 0.381 e. The highest BCUT2D eigenvalue weighted by Crippen LogP contribution is 2.35. The molecule has 0 aliphatic carbocycles. The second kappa shape index (κ2) is 6.08. The quantitative estimate of drug-likeness (QED) is 0.850. The lowest BCUT2D eigenvalue weighted by Crippen LogP contribution is -2.39. The maximum Gasteiger partial charge on any atom is 0.398 e. The molecule has 2 aliphatic rings. The zero-order chi connectivity index (χ0) is 14.9. The van der Waals surface area contributed by atoms with Gasteiger partial charge in [0, 0.05) is 29.7 Å². The summed E-state index contributed by atoms with van der Waals surface area (Å²) >= 11 is 0.864. The number of halogens is 3. The molecule has 2 saturated heterocycles. The molecular weight excluding hydrogens is 297 g/mol. The molecule has 0 aromatic heterocycles. The summed E-state index contributed by atoms with van der Waals surface area (Å²) in [5.74, 6) is -0.215. The highest BCUT2D eigenvalue weighted by atomic mass is 32.2. The molecule has 1 aromatic rings. The summed E-state index contributed by atoms with van der Waals surface area (Å²) in [6.45, 7) is 3.37. The number of anilines is 1. The maximum absolute atomic E-state index is 12.4. The fraction of sp³-hybridized carbons (Fsp3) is 0.600. The number of hydrogen-bond donors (Lipinski definition) is 1. The van der Waals surface area contributed by atoms with Crippen molar-refractivity contribution in [2.75, 3.05) is 30.7 Å². The SMILES string of the molecule is FC(F)(F)CSc1ccccc1NC1CCN2CCC1C2. The molecule has 6 heteroatoms. The van der Waals surface area contributed by atoms with Gasteiger partial charge in [0.05, 0.1) is 5.75 Å². The van der Waals surface area contributed by atoms with Crippen LogP contribution in [0.4, 0.5) is 18.9 Å². The van der Waals surface area contributed by atoms with Gasteiger partial charge in [-0.2, -0.15) is 13.2 Å². The molecule has 0 radical (unpaired) electrons. The van der Waals surface area contributed by atoms with Gasteiger partial charge < -0.3 is 10.2 Å². The van der Waals surface area contributed by atoms with E-state index in [1.54, 1.807) is 12.1 Å². The van der Waals surface area contributed by atoms with E-state index in [-0.39, 0.29) is 0 Å². The molecule has 2 nitrogen and oxygen atoms in total. The number of alkyl halides is 3. The fourth-order valence-corrected chi connectivity index (χ4v) is 3.99. The van der Waals surface area contributed by atoms with E-state index in [4.69, 9.17) is 0 Å². The Bertz CT molecular complexity index is 492. The minimum Gasteiger partial charge on any atom is -0.381 e. The number of benzene rings is 1. The minimum atomic E-state index is -4.13. The third-order valence-electron chi connectivity index (χ3n) is 4.25. The Kier molecular flexibility index (Phi) is 4.36. The van der Waals surface area contributed by atoms with Crippen molar-refractivity contribution in [3.05, 3.63) is 24.3 Å². The van der Waals surface area contributed by atoms with Crippen molar-refractivity contribution in [1.29, 1.82) is 0 Å². The van der Waals surface area contributed by atoms with Crippen molar-refractivity contribution >= 4 is 17.4 Å². The number of thioether (sulfide) groups is 1. The first kappa shape index (κ1) is 15.0. The lowest BCUT2D eigenvalue weighted by molar-refractivity contribution is -0.105. The van der Waals surface area contributed by atoms with Gasteiger partial charge in [0.1, 0.15) is 0 Å². The van der Waals surface area contributed by atoms with Crippen LogP contribution in [-0.4, -0.2) is 42.5 Å². The average molecular weight is 316 g/mol. The highest BCUT2D eigenvalue weighted by molar-refractivity contribution is 7.99. The van der Waals surface area contributed by atoms with Crippen LogP contribution in [0, 0.1) is 5.92 Å². The van der Waals surface area contributed by atoms with E-state index in [0.29, 0.717) is 16.9 Å². The van der Waals surface area contributed by atoms with E-state index >= 15 is 0 Å². The molecule has 2 bridgehead atoms. The Morgan fingerprint density at radius 1 is 1.19 bits per heavy atom. The first-order chi connectivity index (χ1) is 10.0. The van der Waals surface area contributed by atoms with E-state index in [1.165, 1.54) is 6.42 Å². The molecule has 1 N–H and O–H groups in total. The predicted octanol–water partition coefficient (Wildman–Crippen LogP) is 3.85. The second-order valence-electron chi connectivity index (χ2n) is 5.79. The normalized spacial score (nSPS) is 28.6. The van der Waals surface area contributed by atoms with Gasteiger partial charge in [0.2, 0.25) is 0 Å². The van der Waals surface area contributed by atoms with Crippen LogP contribution in [0.1, 0.15) is 12.8 Å². The first-order valence-corrected chi connectivity index (χ1v) is 8.27. The van der Waals surface area contributed by atoms with Crippen molar-refractivity contribution in [1.82, 2.24) is 4.90 Å². The zero-order valence-corrected chi connectivity index (χ0v) is 12.5. The molecule has 0 saturated carbocycles. The van der Waals surface area contributed by atoms with E-state index in [0.717, 1.165) is 43.5 Å². The average Bonchev–Trinajstić information content (AvgIpc) is 2.83. The maximum atomic E-state index is 12.4. The fourth-order valence-electron chi connectivity index (χ4n) is 3.21. The molecule has 2 fully saturated rings. The van der Waals surface area contributed by atoms with E-state index in [9.17, 15) is 13.2 Å². The number of fused-ring (bicyclic) bond motifs is 2. The van der Waals surface area contributed by atoms with Crippen LogP contribution >= 0.6 is 11.8 Å². The number of para-hydroxylation sites is 1. The van der Waals surface area contributed by atoms with Crippen molar-refractivity contribution in [3.63, 3.8) is 0 Å². The van der Waals surface area contributed by atoms with Gasteiger partial charge in [-0.1, -0.05) is 12.1 Å². The van der Waals surface area contributed by atoms with Crippen LogP contribution in [-0.2, 0) is 0 Å². The van der Waals surface area contributed by atoms with Crippen LogP contribution in [0.2, 0.25) is 0 Å². The Morgan fingerprint density at radius 3 is 2.76 bits per heavy atom. The summed E-state index contributed by atoms with van der Waals surface area (Å²) in [7, 11) is 0. The molecule has 3 unspecified atom stereocenters. The Balaban J connectivity index is 1.67. The molecule has 21 heavy (non-hydrogen) atoms. The number of nitrogens with zero attached hydrogens (tertiary/aromatic N) is 1. The molecule has 3 rings (SSSR count). The highest BCUT2D eigenvalue weighted by Gasteiger charge is 2.34. The third-order valence-corrected chi connectivity index (χ3v) is 5.39. The predicted molar refractivity (Wildman–Crippen MR) is 79.8 cm³/mol.